The fourth-order valence-electron chi connectivity index (χ4n) is 4.78. The van der Waals surface area contributed by atoms with Crippen molar-refractivity contribution in [3.63, 3.8) is 0 Å². The third-order valence-electron chi connectivity index (χ3n) is 6.96. The number of rotatable bonds is 6. The molecule has 1 aliphatic carbocycles. The lowest BCUT2D eigenvalue weighted by atomic mass is 9.91. The highest BCUT2D eigenvalue weighted by Crippen LogP contribution is 2.27. The van der Waals surface area contributed by atoms with Gasteiger partial charge in [0.15, 0.2) is 0 Å². The number of amides is 1. The quantitative estimate of drug-likeness (QED) is 0.752. The smallest absolute Gasteiger partial charge is 0.253 e. The Morgan fingerprint density at radius 3 is 2.68 bits per heavy atom. The summed E-state index contributed by atoms with van der Waals surface area (Å²) >= 11 is 0. The van der Waals surface area contributed by atoms with Crippen LogP contribution in [-0.2, 0) is 24.1 Å². The molecule has 0 bridgehead atoms. The van der Waals surface area contributed by atoms with E-state index in [1.165, 1.54) is 36.9 Å². The molecule has 0 spiro atoms. The SMILES string of the molecule is O=C(NCc1ccc2c(c1)CCN(C1CCC1)CC2)c1ccc(N[C@H]2CCOC2)nc1. The van der Waals surface area contributed by atoms with Crippen molar-refractivity contribution in [3.05, 3.63) is 58.8 Å². The molecule has 6 heteroatoms. The van der Waals surface area contributed by atoms with Gasteiger partial charge in [0, 0.05) is 38.5 Å². The van der Waals surface area contributed by atoms with Crippen molar-refractivity contribution in [2.75, 3.05) is 31.6 Å². The number of hydrogen-bond donors (Lipinski definition) is 2. The van der Waals surface area contributed by atoms with Crippen molar-refractivity contribution in [1.29, 1.82) is 0 Å². The Kier molecular flexibility index (Phi) is 6.18. The first kappa shape index (κ1) is 20.5. The number of ether oxygens (including phenoxy) is 1. The molecule has 2 fully saturated rings. The minimum atomic E-state index is -0.0886. The van der Waals surface area contributed by atoms with Crippen LogP contribution < -0.4 is 10.6 Å². The standard InChI is InChI=1S/C25H32N4O2/c30-25(21-6-7-24(26-16-21)28-22-10-13-31-17-22)27-15-18-4-5-19-8-11-29(23-2-1-3-23)12-9-20(19)14-18/h4-7,14,16,22-23H,1-3,8-13,15,17H2,(H,26,28)(H,27,30)/t22-/m0/s1. The van der Waals surface area contributed by atoms with Crippen LogP contribution in [0.1, 0.15) is 52.7 Å². The predicted octanol–water partition coefficient (Wildman–Crippen LogP) is 3.17. The van der Waals surface area contributed by atoms with E-state index in [-0.39, 0.29) is 5.91 Å². The van der Waals surface area contributed by atoms with Crippen LogP contribution in [0.2, 0.25) is 0 Å². The average molecular weight is 421 g/mol. The monoisotopic (exact) mass is 420 g/mol. The third kappa shape index (κ3) is 4.91. The molecule has 5 rings (SSSR count). The second-order valence-electron chi connectivity index (χ2n) is 9.04. The molecule has 2 aliphatic heterocycles. The molecule has 3 aliphatic rings. The molecule has 2 N–H and O–H groups in total. The van der Waals surface area contributed by atoms with Gasteiger partial charge in [-0.1, -0.05) is 24.6 Å². The number of fused-ring (bicyclic) bond motifs is 1. The van der Waals surface area contributed by atoms with Crippen molar-refractivity contribution >= 4 is 11.7 Å². The zero-order valence-electron chi connectivity index (χ0n) is 18.1. The van der Waals surface area contributed by atoms with Crippen LogP contribution in [0.5, 0.6) is 0 Å². The second kappa shape index (κ2) is 9.37. The molecule has 31 heavy (non-hydrogen) atoms. The van der Waals surface area contributed by atoms with E-state index < -0.39 is 0 Å². The van der Waals surface area contributed by atoms with Gasteiger partial charge >= 0.3 is 0 Å². The number of pyridine rings is 1. The first-order valence-corrected chi connectivity index (χ1v) is 11.7. The van der Waals surface area contributed by atoms with E-state index in [2.05, 4.69) is 38.7 Å². The number of aromatic nitrogens is 1. The largest absolute Gasteiger partial charge is 0.379 e. The van der Waals surface area contributed by atoms with E-state index in [0.717, 1.165) is 49.8 Å². The first-order valence-electron chi connectivity index (χ1n) is 11.7. The molecule has 1 aromatic carbocycles. The number of benzene rings is 1. The Morgan fingerprint density at radius 1 is 1.10 bits per heavy atom. The van der Waals surface area contributed by atoms with Crippen molar-refractivity contribution < 1.29 is 9.53 Å². The summed E-state index contributed by atoms with van der Waals surface area (Å²) in [5.41, 5.74) is 4.66. The number of anilines is 1. The Bertz CT molecular complexity index is 904. The zero-order valence-corrected chi connectivity index (χ0v) is 18.1. The Labute approximate surface area is 184 Å². The Hall–Kier alpha value is -2.44. The van der Waals surface area contributed by atoms with Crippen molar-refractivity contribution in [1.82, 2.24) is 15.2 Å². The second-order valence-corrected chi connectivity index (χ2v) is 9.04. The van der Waals surface area contributed by atoms with Gasteiger partial charge in [0.25, 0.3) is 5.91 Å². The van der Waals surface area contributed by atoms with Gasteiger partial charge < -0.3 is 15.4 Å². The van der Waals surface area contributed by atoms with E-state index in [0.29, 0.717) is 24.8 Å². The van der Waals surface area contributed by atoms with Gasteiger partial charge in [-0.15, -0.1) is 0 Å². The predicted molar refractivity (Wildman–Crippen MR) is 121 cm³/mol. The zero-order chi connectivity index (χ0) is 21.0. The molecular weight excluding hydrogens is 388 g/mol. The molecule has 1 aromatic heterocycles. The summed E-state index contributed by atoms with van der Waals surface area (Å²) in [7, 11) is 0. The maximum Gasteiger partial charge on any atom is 0.253 e. The number of nitrogens with zero attached hydrogens (tertiary/aromatic N) is 2. The molecule has 2 aromatic rings. The fraction of sp³-hybridized carbons (Fsp3) is 0.520. The highest BCUT2D eigenvalue weighted by Gasteiger charge is 2.26. The molecule has 1 amide bonds. The molecule has 3 heterocycles. The van der Waals surface area contributed by atoms with Crippen LogP contribution in [0.3, 0.4) is 0 Å². The maximum absolute atomic E-state index is 12.6. The Balaban J connectivity index is 1.15. The minimum Gasteiger partial charge on any atom is -0.379 e. The van der Waals surface area contributed by atoms with Gasteiger partial charge in [-0.05, 0) is 60.9 Å². The van der Waals surface area contributed by atoms with E-state index >= 15 is 0 Å². The first-order chi connectivity index (χ1) is 15.2. The van der Waals surface area contributed by atoms with Crippen LogP contribution in [0.4, 0.5) is 5.82 Å². The lowest BCUT2D eigenvalue weighted by Gasteiger charge is -2.36. The summed E-state index contributed by atoms with van der Waals surface area (Å²) in [5, 5.41) is 6.39. The molecular formula is C25H32N4O2. The molecule has 6 nitrogen and oxygen atoms in total. The third-order valence-corrected chi connectivity index (χ3v) is 6.96. The highest BCUT2D eigenvalue weighted by molar-refractivity contribution is 5.94. The van der Waals surface area contributed by atoms with Gasteiger partial charge in [-0.3, -0.25) is 9.69 Å². The number of nitrogens with one attached hydrogen (secondary N) is 2. The summed E-state index contributed by atoms with van der Waals surface area (Å²) in [6, 6.07) is 11.5. The van der Waals surface area contributed by atoms with Crippen molar-refractivity contribution in [2.24, 2.45) is 0 Å². The topological polar surface area (TPSA) is 66.5 Å². The molecule has 1 saturated heterocycles. The molecule has 0 unspecified atom stereocenters. The van der Waals surface area contributed by atoms with E-state index in [1.807, 2.05) is 12.1 Å². The average Bonchev–Trinajstić information content (AvgIpc) is 3.18. The van der Waals surface area contributed by atoms with Gasteiger partial charge in [-0.2, -0.15) is 0 Å². The normalized spacial score (nSPS) is 21.7. The van der Waals surface area contributed by atoms with Gasteiger partial charge in [0.05, 0.1) is 18.2 Å². The minimum absolute atomic E-state index is 0.0886. The highest BCUT2D eigenvalue weighted by atomic mass is 16.5. The van der Waals surface area contributed by atoms with Crippen LogP contribution in [0.25, 0.3) is 0 Å². The van der Waals surface area contributed by atoms with E-state index in [4.69, 9.17) is 4.74 Å². The fourth-order valence-corrected chi connectivity index (χ4v) is 4.78. The molecule has 1 atom stereocenters. The number of hydrogen-bond acceptors (Lipinski definition) is 5. The van der Waals surface area contributed by atoms with Crippen molar-refractivity contribution in [3.8, 4) is 0 Å². The summed E-state index contributed by atoms with van der Waals surface area (Å²) in [4.78, 5) is 19.6. The van der Waals surface area contributed by atoms with Gasteiger partial charge in [-0.25, -0.2) is 4.98 Å². The molecule has 1 saturated carbocycles. The summed E-state index contributed by atoms with van der Waals surface area (Å²) < 4.78 is 5.37. The van der Waals surface area contributed by atoms with Crippen LogP contribution in [0.15, 0.2) is 36.5 Å². The van der Waals surface area contributed by atoms with Crippen LogP contribution in [0, 0.1) is 0 Å². The summed E-state index contributed by atoms with van der Waals surface area (Å²) in [5.74, 6) is 0.697. The van der Waals surface area contributed by atoms with Crippen LogP contribution >= 0.6 is 0 Å². The van der Waals surface area contributed by atoms with E-state index in [1.54, 1.807) is 6.20 Å². The van der Waals surface area contributed by atoms with Gasteiger partial charge in [0.1, 0.15) is 5.82 Å². The van der Waals surface area contributed by atoms with E-state index in [9.17, 15) is 4.79 Å². The lowest BCUT2D eigenvalue weighted by molar-refractivity contribution is 0.0950. The number of carbonyl (C=O) groups excluding carboxylic acids is 1. The number of carbonyl (C=O) groups is 1. The summed E-state index contributed by atoms with van der Waals surface area (Å²) in [6.07, 6.45) is 9.00. The Morgan fingerprint density at radius 2 is 1.97 bits per heavy atom. The molecule has 164 valence electrons. The lowest BCUT2D eigenvalue weighted by Crippen LogP contribution is -2.41. The van der Waals surface area contributed by atoms with Crippen LogP contribution in [-0.4, -0.2) is 54.2 Å². The summed E-state index contributed by atoms with van der Waals surface area (Å²) in [6.45, 7) is 4.38. The van der Waals surface area contributed by atoms with Crippen molar-refractivity contribution in [2.45, 2.75) is 57.2 Å². The maximum atomic E-state index is 12.6. The molecule has 0 radical (unpaired) electrons. The van der Waals surface area contributed by atoms with Gasteiger partial charge in [0.2, 0.25) is 0 Å².